The zero-order valence-corrected chi connectivity index (χ0v) is 11.3. The lowest BCUT2D eigenvalue weighted by molar-refractivity contribution is 0.472. The van der Waals surface area contributed by atoms with E-state index >= 15 is 0 Å². The van der Waals surface area contributed by atoms with Gasteiger partial charge in [0.05, 0.1) is 0 Å². The zero-order valence-electron chi connectivity index (χ0n) is 9.76. The first-order chi connectivity index (χ1) is 8.15. The molecule has 2 atom stereocenters. The minimum absolute atomic E-state index is 0.472. The summed E-state index contributed by atoms with van der Waals surface area (Å²) >= 11 is 3.71. The molecule has 0 aromatic heterocycles. The van der Waals surface area contributed by atoms with Gasteiger partial charge in [-0.1, -0.05) is 35.2 Å². The Balaban J connectivity index is 2.07. The second kappa shape index (κ2) is 5.94. The molecule has 3 heteroatoms. The van der Waals surface area contributed by atoms with Crippen LogP contribution in [0.4, 0.5) is 8.78 Å². The van der Waals surface area contributed by atoms with Gasteiger partial charge in [-0.2, -0.15) is 0 Å². The monoisotopic (exact) mass is 302 g/mol. The molecule has 0 nitrogen and oxygen atoms in total. The van der Waals surface area contributed by atoms with Crippen molar-refractivity contribution in [2.24, 2.45) is 5.92 Å². The molecule has 0 amide bonds. The van der Waals surface area contributed by atoms with Gasteiger partial charge in [0.2, 0.25) is 0 Å². The Labute approximate surface area is 110 Å². The van der Waals surface area contributed by atoms with E-state index in [2.05, 4.69) is 15.9 Å². The highest BCUT2D eigenvalue weighted by molar-refractivity contribution is 9.09. The van der Waals surface area contributed by atoms with Crippen LogP contribution >= 0.6 is 15.9 Å². The molecule has 0 heterocycles. The molecule has 0 N–H and O–H groups in total. The first kappa shape index (κ1) is 13.0. The van der Waals surface area contributed by atoms with Crippen LogP contribution in [0.2, 0.25) is 0 Å². The molecule has 1 aliphatic carbocycles. The van der Waals surface area contributed by atoms with E-state index in [-0.39, 0.29) is 0 Å². The van der Waals surface area contributed by atoms with Crippen molar-refractivity contribution in [3.8, 4) is 0 Å². The van der Waals surface area contributed by atoms with Crippen molar-refractivity contribution in [3.05, 3.63) is 35.4 Å². The standard InChI is InChI=1S/C14H17BrF2/c15-14-5-3-1-2-4-11(14)6-10-7-12(16)9-13(17)8-10/h7-9,11,14H,1-6H2. The summed E-state index contributed by atoms with van der Waals surface area (Å²) in [6.07, 6.45) is 6.84. The highest BCUT2D eigenvalue weighted by Gasteiger charge is 2.21. The van der Waals surface area contributed by atoms with Crippen LogP contribution in [0.25, 0.3) is 0 Å². The van der Waals surface area contributed by atoms with E-state index in [1.807, 2.05) is 0 Å². The van der Waals surface area contributed by atoms with Crippen molar-refractivity contribution in [1.29, 1.82) is 0 Å². The summed E-state index contributed by atoms with van der Waals surface area (Å²) in [5.74, 6) is -0.446. The van der Waals surface area contributed by atoms with Crippen LogP contribution in [0.1, 0.15) is 37.7 Å². The Morgan fingerprint density at radius 1 is 1.00 bits per heavy atom. The summed E-state index contributed by atoms with van der Waals surface area (Å²) in [4.78, 5) is 0.483. The second-order valence-corrected chi connectivity index (χ2v) is 6.07. The molecule has 0 radical (unpaired) electrons. The summed E-state index contributed by atoms with van der Waals surface area (Å²) in [5, 5.41) is 0. The fraction of sp³-hybridized carbons (Fsp3) is 0.571. The van der Waals surface area contributed by atoms with E-state index in [0.29, 0.717) is 10.7 Å². The minimum Gasteiger partial charge on any atom is -0.207 e. The predicted molar refractivity (Wildman–Crippen MR) is 69.4 cm³/mol. The molecule has 1 saturated carbocycles. The Hall–Kier alpha value is -0.440. The maximum absolute atomic E-state index is 13.1. The van der Waals surface area contributed by atoms with E-state index in [9.17, 15) is 8.78 Å². The number of benzene rings is 1. The first-order valence-electron chi connectivity index (χ1n) is 6.24. The smallest absolute Gasteiger partial charge is 0.126 e. The third-order valence-electron chi connectivity index (χ3n) is 3.49. The highest BCUT2D eigenvalue weighted by atomic mass is 79.9. The van der Waals surface area contributed by atoms with Gasteiger partial charge in [0, 0.05) is 10.9 Å². The van der Waals surface area contributed by atoms with Crippen LogP contribution in [-0.4, -0.2) is 4.83 Å². The Morgan fingerprint density at radius 3 is 2.35 bits per heavy atom. The van der Waals surface area contributed by atoms with Crippen molar-refractivity contribution < 1.29 is 8.78 Å². The molecule has 1 aromatic carbocycles. The van der Waals surface area contributed by atoms with Crippen molar-refractivity contribution in [1.82, 2.24) is 0 Å². The van der Waals surface area contributed by atoms with Crippen LogP contribution in [0.5, 0.6) is 0 Å². The van der Waals surface area contributed by atoms with E-state index in [1.54, 1.807) is 0 Å². The maximum atomic E-state index is 13.1. The molecular weight excluding hydrogens is 286 g/mol. The number of hydrogen-bond donors (Lipinski definition) is 0. The topological polar surface area (TPSA) is 0 Å². The van der Waals surface area contributed by atoms with Crippen LogP contribution in [0, 0.1) is 17.6 Å². The van der Waals surface area contributed by atoms with Gasteiger partial charge >= 0.3 is 0 Å². The molecule has 1 aromatic rings. The van der Waals surface area contributed by atoms with Crippen LogP contribution in [0.15, 0.2) is 18.2 Å². The van der Waals surface area contributed by atoms with Crippen molar-refractivity contribution >= 4 is 15.9 Å². The third kappa shape index (κ3) is 3.77. The number of alkyl halides is 1. The minimum atomic E-state index is -0.472. The lowest BCUT2D eigenvalue weighted by Crippen LogP contribution is -2.15. The summed E-state index contributed by atoms with van der Waals surface area (Å²) in [6, 6.07) is 3.84. The zero-order chi connectivity index (χ0) is 12.3. The molecule has 0 saturated heterocycles. The Morgan fingerprint density at radius 2 is 1.65 bits per heavy atom. The molecule has 1 aliphatic rings. The van der Waals surface area contributed by atoms with Gasteiger partial charge in [-0.15, -0.1) is 0 Å². The molecule has 0 bridgehead atoms. The van der Waals surface area contributed by atoms with Crippen LogP contribution in [0.3, 0.4) is 0 Å². The van der Waals surface area contributed by atoms with Crippen molar-refractivity contribution in [3.63, 3.8) is 0 Å². The SMILES string of the molecule is Fc1cc(F)cc(CC2CCCCCC2Br)c1. The van der Waals surface area contributed by atoms with Gasteiger partial charge < -0.3 is 0 Å². The molecule has 0 spiro atoms. The van der Waals surface area contributed by atoms with Crippen LogP contribution in [-0.2, 0) is 6.42 Å². The quantitative estimate of drug-likeness (QED) is 0.541. The van der Waals surface area contributed by atoms with Gasteiger partial charge in [-0.3, -0.25) is 0 Å². The summed E-state index contributed by atoms with van der Waals surface area (Å²) in [5.41, 5.74) is 0.777. The fourth-order valence-electron chi connectivity index (χ4n) is 2.60. The highest BCUT2D eigenvalue weighted by Crippen LogP contribution is 2.31. The molecule has 1 fully saturated rings. The van der Waals surface area contributed by atoms with Gasteiger partial charge in [0.15, 0.2) is 0 Å². The average Bonchev–Trinajstić information content (AvgIpc) is 2.43. The van der Waals surface area contributed by atoms with E-state index < -0.39 is 11.6 Å². The lowest BCUT2D eigenvalue weighted by atomic mass is 9.92. The number of rotatable bonds is 2. The fourth-order valence-corrected chi connectivity index (χ4v) is 3.38. The average molecular weight is 303 g/mol. The number of hydrogen-bond acceptors (Lipinski definition) is 0. The summed E-state index contributed by atoms with van der Waals surface area (Å²) in [6.45, 7) is 0. The van der Waals surface area contributed by atoms with Gasteiger partial charge in [0.25, 0.3) is 0 Å². The lowest BCUT2D eigenvalue weighted by Gasteiger charge is -2.19. The van der Waals surface area contributed by atoms with E-state index in [4.69, 9.17) is 0 Å². The Bertz CT molecular complexity index is 358. The van der Waals surface area contributed by atoms with Gasteiger partial charge in [-0.05, 0) is 42.9 Å². The molecule has 17 heavy (non-hydrogen) atoms. The molecule has 0 aliphatic heterocycles. The molecule has 2 rings (SSSR count). The van der Waals surface area contributed by atoms with Gasteiger partial charge in [0.1, 0.15) is 11.6 Å². The number of halogens is 3. The van der Waals surface area contributed by atoms with Crippen molar-refractivity contribution in [2.75, 3.05) is 0 Å². The molecular formula is C14H17BrF2. The van der Waals surface area contributed by atoms with Gasteiger partial charge in [-0.25, -0.2) is 8.78 Å². The third-order valence-corrected chi connectivity index (χ3v) is 4.69. The summed E-state index contributed by atoms with van der Waals surface area (Å²) < 4.78 is 26.2. The Kier molecular flexibility index (Phi) is 4.55. The molecule has 2 unspecified atom stereocenters. The largest absolute Gasteiger partial charge is 0.207 e. The van der Waals surface area contributed by atoms with Crippen LogP contribution < -0.4 is 0 Å². The normalized spacial score (nSPS) is 25.6. The predicted octanol–water partition coefficient (Wildman–Crippen LogP) is 4.85. The van der Waals surface area contributed by atoms with E-state index in [0.717, 1.165) is 24.5 Å². The van der Waals surface area contributed by atoms with E-state index in [1.165, 1.54) is 37.8 Å². The first-order valence-corrected chi connectivity index (χ1v) is 7.16. The maximum Gasteiger partial charge on any atom is 0.126 e. The second-order valence-electron chi connectivity index (χ2n) is 4.90. The summed E-state index contributed by atoms with van der Waals surface area (Å²) in [7, 11) is 0. The molecule has 94 valence electrons. The van der Waals surface area contributed by atoms with Crippen molar-refractivity contribution in [2.45, 2.75) is 43.4 Å².